The number of carbonyl (C=O) groups is 1. The first-order valence-corrected chi connectivity index (χ1v) is 8.22. The molecule has 0 aromatic carbocycles. The first-order chi connectivity index (χ1) is 10.1. The van der Waals surface area contributed by atoms with E-state index in [4.69, 9.17) is 15.9 Å². The van der Waals surface area contributed by atoms with Crippen molar-refractivity contribution in [3.8, 4) is 12.3 Å². The molecular formula is C17H23BrO3. The van der Waals surface area contributed by atoms with E-state index >= 15 is 0 Å². The van der Waals surface area contributed by atoms with Crippen LogP contribution in [0.15, 0.2) is 24.3 Å². The van der Waals surface area contributed by atoms with Crippen molar-refractivity contribution >= 4 is 21.9 Å². The molecule has 1 heterocycles. The van der Waals surface area contributed by atoms with Gasteiger partial charge in [-0.2, -0.15) is 0 Å². The lowest BCUT2D eigenvalue weighted by atomic mass is 10.0. The van der Waals surface area contributed by atoms with E-state index in [1.165, 1.54) is 6.92 Å². The predicted molar refractivity (Wildman–Crippen MR) is 88.2 cm³/mol. The standard InChI is InChI=1S/C17H23BrO3/c1-4-6-7-11-16(20-13(3)19)17-12-9-8-10-14(18)15(5-2)21-17/h1,6-9,14-17H,5,10-12H2,2-3H3/b7-6+,9-8?/t14-,15+,16+,17+/m0/s1. The number of hydrogen-bond donors (Lipinski definition) is 0. The fraction of sp³-hybridized carbons (Fsp3) is 0.588. The third-order valence-corrected chi connectivity index (χ3v) is 4.33. The van der Waals surface area contributed by atoms with Crippen LogP contribution in [0.1, 0.15) is 39.5 Å². The van der Waals surface area contributed by atoms with Crippen LogP contribution in [0.2, 0.25) is 0 Å². The maximum absolute atomic E-state index is 11.3. The largest absolute Gasteiger partial charge is 0.459 e. The fourth-order valence-corrected chi connectivity index (χ4v) is 3.04. The van der Waals surface area contributed by atoms with Crippen molar-refractivity contribution < 1.29 is 14.3 Å². The number of hydrogen-bond acceptors (Lipinski definition) is 3. The van der Waals surface area contributed by atoms with Crippen molar-refractivity contribution in [1.29, 1.82) is 0 Å². The van der Waals surface area contributed by atoms with Gasteiger partial charge in [-0.15, -0.1) is 6.42 Å². The summed E-state index contributed by atoms with van der Waals surface area (Å²) in [6.45, 7) is 3.52. The summed E-state index contributed by atoms with van der Waals surface area (Å²) in [7, 11) is 0. The summed E-state index contributed by atoms with van der Waals surface area (Å²) in [6, 6.07) is 0. The number of alkyl halides is 1. The summed E-state index contributed by atoms with van der Waals surface area (Å²) in [4.78, 5) is 11.6. The number of halogens is 1. The van der Waals surface area contributed by atoms with E-state index in [9.17, 15) is 4.79 Å². The molecule has 0 radical (unpaired) electrons. The Hall–Kier alpha value is -1.05. The summed E-state index contributed by atoms with van der Waals surface area (Å²) < 4.78 is 11.6. The molecule has 4 atom stereocenters. The molecule has 0 aromatic rings. The molecule has 0 N–H and O–H groups in total. The van der Waals surface area contributed by atoms with Gasteiger partial charge in [0.2, 0.25) is 0 Å². The predicted octanol–water partition coefficient (Wildman–Crippen LogP) is 3.77. The number of allylic oxidation sites excluding steroid dienone is 2. The van der Waals surface area contributed by atoms with Gasteiger partial charge in [0.1, 0.15) is 6.10 Å². The smallest absolute Gasteiger partial charge is 0.303 e. The van der Waals surface area contributed by atoms with Gasteiger partial charge < -0.3 is 9.47 Å². The first-order valence-electron chi connectivity index (χ1n) is 7.31. The number of rotatable bonds is 5. The van der Waals surface area contributed by atoms with Crippen LogP contribution >= 0.6 is 15.9 Å². The van der Waals surface area contributed by atoms with Crippen LogP contribution < -0.4 is 0 Å². The molecule has 0 aromatic heterocycles. The Kier molecular flexibility index (Phi) is 8.41. The minimum atomic E-state index is -0.316. The van der Waals surface area contributed by atoms with Crippen LogP contribution in [0, 0.1) is 12.3 Å². The van der Waals surface area contributed by atoms with E-state index in [-0.39, 0.29) is 29.1 Å². The van der Waals surface area contributed by atoms with Crippen LogP contribution in [0.5, 0.6) is 0 Å². The van der Waals surface area contributed by atoms with Gasteiger partial charge in [-0.3, -0.25) is 4.79 Å². The van der Waals surface area contributed by atoms with E-state index in [1.54, 1.807) is 6.08 Å². The van der Waals surface area contributed by atoms with E-state index in [2.05, 4.69) is 40.9 Å². The third-order valence-electron chi connectivity index (χ3n) is 3.37. The zero-order chi connectivity index (χ0) is 15.7. The van der Waals surface area contributed by atoms with Gasteiger partial charge in [-0.05, 0) is 25.3 Å². The Morgan fingerprint density at radius 1 is 1.57 bits per heavy atom. The summed E-state index contributed by atoms with van der Waals surface area (Å²) >= 11 is 3.67. The monoisotopic (exact) mass is 354 g/mol. The molecule has 3 nitrogen and oxygen atoms in total. The van der Waals surface area contributed by atoms with Crippen molar-refractivity contribution in [2.75, 3.05) is 0 Å². The molecule has 0 fully saturated rings. The number of terminal acetylenes is 1. The molecule has 0 bridgehead atoms. The third kappa shape index (κ3) is 6.50. The second-order valence-corrected chi connectivity index (χ2v) is 6.21. The fourth-order valence-electron chi connectivity index (χ4n) is 2.32. The normalized spacial score (nSPS) is 27.6. The number of carbonyl (C=O) groups excluding carboxylic acids is 1. The maximum Gasteiger partial charge on any atom is 0.303 e. The summed E-state index contributed by atoms with van der Waals surface area (Å²) in [5.41, 5.74) is 0. The molecule has 0 saturated heterocycles. The molecule has 0 unspecified atom stereocenters. The zero-order valence-corrected chi connectivity index (χ0v) is 14.2. The molecule has 116 valence electrons. The second kappa shape index (κ2) is 9.81. The quantitative estimate of drug-likeness (QED) is 0.326. The van der Waals surface area contributed by atoms with Crippen LogP contribution in [0.3, 0.4) is 0 Å². The lowest BCUT2D eigenvalue weighted by molar-refractivity contribution is -0.158. The van der Waals surface area contributed by atoms with Gasteiger partial charge >= 0.3 is 5.97 Å². The maximum atomic E-state index is 11.3. The molecule has 1 aliphatic rings. The van der Waals surface area contributed by atoms with E-state index < -0.39 is 0 Å². The molecule has 21 heavy (non-hydrogen) atoms. The summed E-state index contributed by atoms with van der Waals surface area (Å²) in [6.07, 6.45) is 15.7. The van der Waals surface area contributed by atoms with Gasteiger partial charge in [0, 0.05) is 18.2 Å². The van der Waals surface area contributed by atoms with Gasteiger partial charge in [-0.25, -0.2) is 0 Å². The highest BCUT2D eigenvalue weighted by molar-refractivity contribution is 9.09. The van der Waals surface area contributed by atoms with Gasteiger partial charge in [0.25, 0.3) is 0 Å². The van der Waals surface area contributed by atoms with Crippen molar-refractivity contribution in [3.05, 3.63) is 24.3 Å². The lowest BCUT2D eigenvalue weighted by Gasteiger charge is -2.32. The first kappa shape index (κ1) is 18.0. The Morgan fingerprint density at radius 2 is 2.29 bits per heavy atom. The van der Waals surface area contributed by atoms with E-state index in [0.717, 1.165) is 19.3 Å². The van der Waals surface area contributed by atoms with Gasteiger partial charge in [0.15, 0.2) is 0 Å². The lowest BCUT2D eigenvalue weighted by Crippen LogP contribution is -2.38. The molecule has 0 spiro atoms. The minimum absolute atomic E-state index is 0.106. The summed E-state index contributed by atoms with van der Waals surface area (Å²) in [5.74, 6) is 2.15. The Balaban J connectivity index is 2.83. The Morgan fingerprint density at radius 3 is 2.90 bits per heavy atom. The van der Waals surface area contributed by atoms with Crippen LogP contribution in [0.25, 0.3) is 0 Å². The summed E-state index contributed by atoms with van der Waals surface area (Å²) in [5, 5.41) is 0. The highest BCUT2D eigenvalue weighted by Crippen LogP contribution is 2.25. The highest BCUT2D eigenvalue weighted by Gasteiger charge is 2.29. The van der Waals surface area contributed by atoms with Crippen LogP contribution in [0.4, 0.5) is 0 Å². The topological polar surface area (TPSA) is 35.5 Å². The van der Waals surface area contributed by atoms with Crippen molar-refractivity contribution in [2.45, 2.75) is 62.7 Å². The Labute approximate surface area is 135 Å². The molecule has 1 aliphatic heterocycles. The highest BCUT2D eigenvalue weighted by atomic mass is 79.9. The van der Waals surface area contributed by atoms with E-state index in [1.807, 2.05) is 6.08 Å². The van der Waals surface area contributed by atoms with E-state index in [0.29, 0.717) is 6.42 Å². The molecule has 1 rings (SSSR count). The Bertz CT molecular complexity index is 422. The van der Waals surface area contributed by atoms with Crippen molar-refractivity contribution in [2.24, 2.45) is 0 Å². The van der Waals surface area contributed by atoms with Gasteiger partial charge in [0.05, 0.1) is 12.2 Å². The molecule has 0 saturated carbocycles. The minimum Gasteiger partial charge on any atom is -0.459 e. The number of esters is 1. The molecule has 0 aliphatic carbocycles. The SMILES string of the molecule is C#C/C=C/C[C@@H](OC(C)=O)[C@H]1CC=CC[C@H](Br)[C@@H](CC)O1. The van der Waals surface area contributed by atoms with Crippen LogP contribution in [-0.2, 0) is 14.3 Å². The van der Waals surface area contributed by atoms with Crippen molar-refractivity contribution in [1.82, 2.24) is 0 Å². The van der Waals surface area contributed by atoms with Gasteiger partial charge in [-0.1, -0.05) is 47.0 Å². The molecule has 0 amide bonds. The average molecular weight is 355 g/mol. The van der Waals surface area contributed by atoms with Crippen LogP contribution in [-0.4, -0.2) is 29.1 Å². The zero-order valence-electron chi connectivity index (χ0n) is 12.6. The second-order valence-electron chi connectivity index (χ2n) is 5.03. The average Bonchev–Trinajstić information content (AvgIpc) is 2.43. The molecule has 4 heteroatoms. The number of ether oxygens (including phenoxy) is 2. The van der Waals surface area contributed by atoms with Crippen molar-refractivity contribution in [3.63, 3.8) is 0 Å². The molecular weight excluding hydrogens is 332 g/mol.